The van der Waals surface area contributed by atoms with Crippen LogP contribution in [0.5, 0.6) is 5.75 Å². The number of benzene rings is 2. The molecule has 2 aromatic carbocycles. The summed E-state index contributed by atoms with van der Waals surface area (Å²) in [5.74, 6) is 0.926. The van der Waals surface area contributed by atoms with Crippen LogP contribution >= 0.6 is 12.4 Å². The van der Waals surface area contributed by atoms with Gasteiger partial charge in [0.2, 0.25) is 10.0 Å². The highest BCUT2D eigenvalue weighted by molar-refractivity contribution is 7.89. The number of hydrogen-bond donors (Lipinski definition) is 2. The standard InChI is InChI=1S/C25H34N2O4S.ClH/c1-16(2)18-5-7-20(8-6-18)32(29,30)27-12-10-19(11-13-27)23-14-22-21(24(15-26)31-23)9-4-17(3)25(22)28;/h4-9,16,19,23-24,28H,10-15,26H2,1-3H3;1H/t23-,24-;/m0./s1. The Hall–Kier alpha value is -1.64. The smallest absolute Gasteiger partial charge is 0.243 e. The van der Waals surface area contributed by atoms with E-state index in [1.54, 1.807) is 16.4 Å². The van der Waals surface area contributed by atoms with E-state index in [2.05, 4.69) is 13.8 Å². The van der Waals surface area contributed by atoms with Crippen LogP contribution in [0.15, 0.2) is 41.3 Å². The van der Waals surface area contributed by atoms with E-state index in [-0.39, 0.29) is 30.5 Å². The number of aryl methyl sites for hydroxylation is 1. The third kappa shape index (κ3) is 5.08. The van der Waals surface area contributed by atoms with Crippen molar-refractivity contribution in [1.82, 2.24) is 4.31 Å². The molecule has 1 saturated heterocycles. The maximum atomic E-state index is 13.1. The molecule has 2 aliphatic heterocycles. The SMILES string of the molecule is Cc1ccc2c(c1O)C[C@@H](C1CCN(S(=O)(=O)c3ccc(C(C)C)cc3)CC1)O[C@H]2CN.Cl. The number of nitrogens with two attached hydrogens (primary N) is 1. The Morgan fingerprint density at radius 2 is 1.76 bits per heavy atom. The topological polar surface area (TPSA) is 92.9 Å². The molecule has 0 amide bonds. The molecule has 2 aliphatic rings. The molecule has 0 aromatic heterocycles. The molecule has 0 saturated carbocycles. The zero-order valence-electron chi connectivity index (χ0n) is 19.5. The Morgan fingerprint density at radius 3 is 2.33 bits per heavy atom. The largest absolute Gasteiger partial charge is 0.507 e. The molecular formula is C25H35ClN2O4S. The number of halogens is 1. The minimum atomic E-state index is -3.50. The molecule has 6 nitrogen and oxygen atoms in total. The Kier molecular flexibility index (Phi) is 8.12. The van der Waals surface area contributed by atoms with Gasteiger partial charge in [-0.25, -0.2) is 8.42 Å². The van der Waals surface area contributed by atoms with Crippen LogP contribution < -0.4 is 5.73 Å². The van der Waals surface area contributed by atoms with Crippen LogP contribution in [0, 0.1) is 12.8 Å². The van der Waals surface area contributed by atoms with Crippen LogP contribution in [0.25, 0.3) is 0 Å². The average Bonchev–Trinajstić information content (AvgIpc) is 2.81. The van der Waals surface area contributed by atoms with Gasteiger partial charge in [0.25, 0.3) is 0 Å². The lowest BCUT2D eigenvalue weighted by Crippen LogP contribution is -2.44. The van der Waals surface area contributed by atoms with Crippen molar-refractivity contribution in [3.63, 3.8) is 0 Å². The first-order chi connectivity index (χ1) is 15.2. The molecule has 1 fully saturated rings. The first kappa shape index (κ1) is 26.0. The highest BCUT2D eigenvalue weighted by atomic mass is 35.5. The van der Waals surface area contributed by atoms with E-state index in [1.807, 2.05) is 31.2 Å². The van der Waals surface area contributed by atoms with Gasteiger partial charge in [-0.05, 0) is 60.4 Å². The first-order valence-corrected chi connectivity index (χ1v) is 12.9. The summed E-state index contributed by atoms with van der Waals surface area (Å²) in [6.45, 7) is 7.38. The van der Waals surface area contributed by atoms with Crippen molar-refractivity contribution < 1.29 is 18.3 Å². The van der Waals surface area contributed by atoms with Crippen molar-refractivity contribution in [1.29, 1.82) is 0 Å². The zero-order valence-corrected chi connectivity index (χ0v) is 21.2. The lowest BCUT2D eigenvalue weighted by molar-refractivity contribution is -0.0612. The molecule has 8 heteroatoms. The fraction of sp³-hybridized carbons (Fsp3) is 0.520. The van der Waals surface area contributed by atoms with E-state index < -0.39 is 10.0 Å². The van der Waals surface area contributed by atoms with Crippen LogP contribution in [0.3, 0.4) is 0 Å². The van der Waals surface area contributed by atoms with Crippen LogP contribution in [0.4, 0.5) is 0 Å². The Balaban J connectivity index is 0.00000306. The van der Waals surface area contributed by atoms with Crippen molar-refractivity contribution in [2.75, 3.05) is 19.6 Å². The van der Waals surface area contributed by atoms with E-state index in [9.17, 15) is 13.5 Å². The van der Waals surface area contributed by atoms with Gasteiger partial charge in [0.1, 0.15) is 5.75 Å². The third-order valence-corrected chi connectivity index (χ3v) is 8.95. The summed E-state index contributed by atoms with van der Waals surface area (Å²) in [5, 5.41) is 10.6. The molecule has 2 atom stereocenters. The quantitative estimate of drug-likeness (QED) is 0.646. The van der Waals surface area contributed by atoms with Crippen LogP contribution in [-0.2, 0) is 21.2 Å². The van der Waals surface area contributed by atoms with Crippen LogP contribution in [0.2, 0.25) is 0 Å². The van der Waals surface area contributed by atoms with Gasteiger partial charge in [0, 0.05) is 31.6 Å². The van der Waals surface area contributed by atoms with Gasteiger partial charge in [0.15, 0.2) is 0 Å². The number of fused-ring (bicyclic) bond motifs is 1. The highest BCUT2D eigenvalue weighted by Crippen LogP contribution is 2.40. The molecule has 0 aliphatic carbocycles. The summed E-state index contributed by atoms with van der Waals surface area (Å²) in [6, 6.07) is 11.1. The molecule has 0 unspecified atom stereocenters. The van der Waals surface area contributed by atoms with Crippen molar-refractivity contribution in [3.8, 4) is 5.75 Å². The van der Waals surface area contributed by atoms with Crippen LogP contribution in [-0.4, -0.2) is 43.6 Å². The number of ether oxygens (including phenoxy) is 1. The molecule has 2 aromatic rings. The molecule has 0 radical (unpaired) electrons. The number of phenolic OH excluding ortho intramolecular Hbond substituents is 1. The lowest BCUT2D eigenvalue weighted by Gasteiger charge is -2.40. The minimum absolute atomic E-state index is 0. The number of aromatic hydroxyl groups is 1. The normalized spacial score (nSPS) is 22.1. The van der Waals surface area contributed by atoms with Crippen molar-refractivity contribution in [2.45, 2.75) is 63.1 Å². The Morgan fingerprint density at radius 1 is 1.12 bits per heavy atom. The number of hydrogen-bond acceptors (Lipinski definition) is 5. The summed E-state index contributed by atoms with van der Waals surface area (Å²) < 4.78 is 34.2. The van der Waals surface area contributed by atoms with Crippen molar-refractivity contribution in [2.24, 2.45) is 11.7 Å². The molecule has 2 heterocycles. The summed E-state index contributed by atoms with van der Waals surface area (Å²) in [5.41, 5.74) is 9.85. The van der Waals surface area contributed by atoms with Gasteiger partial charge in [-0.2, -0.15) is 4.31 Å². The lowest BCUT2D eigenvalue weighted by atomic mass is 9.83. The van der Waals surface area contributed by atoms with E-state index in [4.69, 9.17) is 10.5 Å². The second-order valence-corrected chi connectivity index (χ2v) is 11.3. The molecule has 4 rings (SSSR count). The molecule has 0 spiro atoms. The average molecular weight is 495 g/mol. The van der Waals surface area contributed by atoms with Crippen molar-refractivity contribution >= 4 is 22.4 Å². The molecular weight excluding hydrogens is 460 g/mol. The highest BCUT2D eigenvalue weighted by Gasteiger charge is 2.37. The first-order valence-electron chi connectivity index (χ1n) is 11.5. The maximum Gasteiger partial charge on any atom is 0.243 e. The van der Waals surface area contributed by atoms with Gasteiger partial charge in [-0.15, -0.1) is 12.4 Å². The van der Waals surface area contributed by atoms with Gasteiger partial charge in [0.05, 0.1) is 17.1 Å². The number of piperidine rings is 1. The number of phenols is 1. The predicted octanol–water partition coefficient (Wildman–Crippen LogP) is 4.29. The third-order valence-electron chi connectivity index (χ3n) is 7.03. The van der Waals surface area contributed by atoms with Gasteiger partial charge in [-0.3, -0.25) is 0 Å². The fourth-order valence-corrected chi connectivity index (χ4v) is 6.41. The number of sulfonamides is 1. The Labute approximate surface area is 203 Å². The van der Waals surface area contributed by atoms with Crippen LogP contribution in [0.1, 0.15) is 61.0 Å². The second-order valence-electron chi connectivity index (χ2n) is 9.37. The summed E-state index contributed by atoms with van der Waals surface area (Å²) in [6.07, 6.45) is 1.78. The predicted molar refractivity (Wildman–Crippen MR) is 132 cm³/mol. The molecule has 33 heavy (non-hydrogen) atoms. The molecule has 3 N–H and O–H groups in total. The zero-order chi connectivity index (χ0) is 23.0. The fourth-order valence-electron chi connectivity index (χ4n) is 4.94. The van der Waals surface area contributed by atoms with E-state index in [0.29, 0.717) is 42.6 Å². The van der Waals surface area contributed by atoms with E-state index in [1.165, 1.54) is 0 Å². The van der Waals surface area contributed by atoms with E-state index in [0.717, 1.165) is 35.1 Å². The van der Waals surface area contributed by atoms with Gasteiger partial charge in [-0.1, -0.05) is 38.1 Å². The van der Waals surface area contributed by atoms with Gasteiger partial charge < -0.3 is 15.6 Å². The summed E-state index contributed by atoms with van der Waals surface area (Å²) in [4.78, 5) is 0.354. The maximum absolute atomic E-state index is 13.1. The monoisotopic (exact) mass is 494 g/mol. The number of rotatable bonds is 5. The minimum Gasteiger partial charge on any atom is -0.507 e. The summed E-state index contributed by atoms with van der Waals surface area (Å²) >= 11 is 0. The second kappa shape index (κ2) is 10.3. The number of nitrogens with zero attached hydrogens (tertiary/aromatic N) is 1. The molecule has 0 bridgehead atoms. The van der Waals surface area contributed by atoms with Gasteiger partial charge >= 0.3 is 0 Å². The Bertz CT molecular complexity index is 1060. The van der Waals surface area contributed by atoms with E-state index >= 15 is 0 Å². The molecule has 182 valence electrons. The van der Waals surface area contributed by atoms with Crippen molar-refractivity contribution in [3.05, 3.63) is 58.7 Å². The summed E-state index contributed by atoms with van der Waals surface area (Å²) in [7, 11) is -3.50.